The Bertz CT molecular complexity index is 555. The van der Waals surface area contributed by atoms with E-state index < -0.39 is 15.7 Å². The van der Waals surface area contributed by atoms with Crippen LogP contribution in [0.15, 0.2) is 30.3 Å². The fourth-order valence-corrected chi connectivity index (χ4v) is 3.87. The molecule has 0 radical (unpaired) electrons. The van der Waals surface area contributed by atoms with E-state index in [-0.39, 0.29) is 6.04 Å². The van der Waals surface area contributed by atoms with Gasteiger partial charge >= 0.3 is 0 Å². The average molecular weight is 297 g/mol. The highest BCUT2D eigenvalue weighted by molar-refractivity contribution is 7.86. The molecule has 0 aromatic heterocycles. The number of rotatable bonds is 3. The zero-order valence-corrected chi connectivity index (χ0v) is 13.3. The summed E-state index contributed by atoms with van der Waals surface area (Å²) in [5.74, 6) is 0. The van der Waals surface area contributed by atoms with Crippen LogP contribution in [-0.2, 0) is 10.2 Å². The van der Waals surface area contributed by atoms with Crippen molar-refractivity contribution < 1.29 is 8.42 Å². The SMILES string of the molecule is CN(C)S(=O)(=O)N1CC(c2ccccc2)NCC1(C)C. The highest BCUT2D eigenvalue weighted by Gasteiger charge is 2.42. The third-order valence-corrected chi connectivity index (χ3v) is 5.87. The van der Waals surface area contributed by atoms with Gasteiger partial charge in [0, 0.05) is 38.8 Å². The first-order valence-corrected chi connectivity index (χ1v) is 8.13. The second kappa shape index (κ2) is 5.44. The Balaban J connectivity index is 2.30. The summed E-state index contributed by atoms with van der Waals surface area (Å²) < 4.78 is 27.9. The number of nitrogens with one attached hydrogen (secondary N) is 1. The predicted molar refractivity (Wildman–Crippen MR) is 80.6 cm³/mol. The molecule has 112 valence electrons. The van der Waals surface area contributed by atoms with Crippen LogP contribution < -0.4 is 5.32 Å². The topological polar surface area (TPSA) is 52.7 Å². The van der Waals surface area contributed by atoms with Gasteiger partial charge in [-0.3, -0.25) is 0 Å². The summed E-state index contributed by atoms with van der Waals surface area (Å²) in [6.45, 7) is 4.96. The van der Waals surface area contributed by atoms with Gasteiger partial charge in [-0.25, -0.2) is 0 Å². The van der Waals surface area contributed by atoms with Crippen molar-refractivity contribution in [3.63, 3.8) is 0 Å². The van der Waals surface area contributed by atoms with Crippen LogP contribution in [0.4, 0.5) is 0 Å². The van der Waals surface area contributed by atoms with E-state index in [1.54, 1.807) is 18.4 Å². The standard InChI is InChI=1S/C14H23N3O2S/c1-14(2)11-15-13(12-8-6-5-7-9-12)10-17(14)20(18,19)16(3)4/h5-9,13,15H,10-11H2,1-4H3. The maximum atomic E-state index is 12.5. The molecule has 0 spiro atoms. The number of benzene rings is 1. The molecule has 5 nitrogen and oxygen atoms in total. The van der Waals surface area contributed by atoms with Crippen LogP contribution in [0.2, 0.25) is 0 Å². The molecular formula is C14H23N3O2S. The van der Waals surface area contributed by atoms with E-state index in [0.29, 0.717) is 13.1 Å². The maximum absolute atomic E-state index is 12.5. The normalized spacial score (nSPS) is 23.9. The Morgan fingerprint density at radius 2 is 1.85 bits per heavy atom. The smallest absolute Gasteiger partial charge is 0.282 e. The van der Waals surface area contributed by atoms with Gasteiger partial charge in [-0.15, -0.1) is 0 Å². The van der Waals surface area contributed by atoms with Gasteiger partial charge in [-0.1, -0.05) is 30.3 Å². The Hall–Kier alpha value is -0.950. The monoisotopic (exact) mass is 297 g/mol. The maximum Gasteiger partial charge on any atom is 0.282 e. The molecule has 1 N–H and O–H groups in total. The zero-order chi connectivity index (χ0) is 15.0. The number of hydrogen-bond donors (Lipinski definition) is 1. The number of nitrogens with zero attached hydrogens (tertiary/aromatic N) is 2. The van der Waals surface area contributed by atoms with Gasteiger partial charge in [0.15, 0.2) is 0 Å². The molecule has 1 heterocycles. The minimum atomic E-state index is -3.42. The van der Waals surface area contributed by atoms with Crippen molar-refractivity contribution in [2.45, 2.75) is 25.4 Å². The minimum Gasteiger partial charge on any atom is -0.307 e. The Morgan fingerprint density at radius 1 is 1.25 bits per heavy atom. The van der Waals surface area contributed by atoms with E-state index in [9.17, 15) is 8.42 Å². The van der Waals surface area contributed by atoms with Crippen molar-refractivity contribution in [3.05, 3.63) is 35.9 Å². The quantitative estimate of drug-likeness (QED) is 0.912. The Kier molecular flexibility index (Phi) is 4.20. The van der Waals surface area contributed by atoms with Gasteiger partial charge in [0.1, 0.15) is 0 Å². The van der Waals surface area contributed by atoms with Crippen LogP contribution >= 0.6 is 0 Å². The third-order valence-electron chi connectivity index (χ3n) is 3.75. The van der Waals surface area contributed by atoms with E-state index in [1.807, 2.05) is 44.2 Å². The molecule has 0 aliphatic carbocycles. The first kappa shape index (κ1) is 15.4. The van der Waals surface area contributed by atoms with Gasteiger partial charge in [-0.05, 0) is 19.4 Å². The van der Waals surface area contributed by atoms with Crippen molar-refractivity contribution >= 4 is 10.2 Å². The third kappa shape index (κ3) is 2.88. The first-order chi connectivity index (χ1) is 9.25. The highest BCUT2D eigenvalue weighted by atomic mass is 32.2. The summed E-state index contributed by atoms with van der Waals surface area (Å²) in [5.41, 5.74) is 0.677. The molecule has 0 saturated carbocycles. The van der Waals surface area contributed by atoms with Gasteiger partial charge in [0.25, 0.3) is 10.2 Å². The molecule has 1 aliphatic rings. The summed E-state index contributed by atoms with van der Waals surface area (Å²) in [6.07, 6.45) is 0. The summed E-state index contributed by atoms with van der Waals surface area (Å²) >= 11 is 0. The largest absolute Gasteiger partial charge is 0.307 e. The molecule has 6 heteroatoms. The Labute approximate surface area is 121 Å². The fraction of sp³-hybridized carbons (Fsp3) is 0.571. The van der Waals surface area contributed by atoms with Gasteiger partial charge < -0.3 is 5.32 Å². The molecule has 1 fully saturated rings. The molecule has 1 atom stereocenters. The van der Waals surface area contributed by atoms with Crippen LogP contribution in [0.5, 0.6) is 0 Å². The van der Waals surface area contributed by atoms with E-state index in [2.05, 4.69) is 5.32 Å². The number of piperazine rings is 1. The summed E-state index contributed by atoms with van der Waals surface area (Å²) in [7, 11) is -0.273. The van der Waals surface area contributed by atoms with E-state index in [4.69, 9.17) is 0 Å². The number of hydrogen-bond acceptors (Lipinski definition) is 3. The van der Waals surface area contributed by atoms with Crippen molar-refractivity contribution in [2.75, 3.05) is 27.2 Å². The van der Waals surface area contributed by atoms with E-state index >= 15 is 0 Å². The molecule has 1 aromatic carbocycles. The van der Waals surface area contributed by atoms with Crippen molar-refractivity contribution in [1.29, 1.82) is 0 Å². The van der Waals surface area contributed by atoms with E-state index in [0.717, 1.165) is 5.56 Å². The van der Waals surface area contributed by atoms with Gasteiger partial charge in [0.05, 0.1) is 0 Å². The molecule has 0 bridgehead atoms. The van der Waals surface area contributed by atoms with Crippen LogP contribution in [0.25, 0.3) is 0 Å². The van der Waals surface area contributed by atoms with E-state index in [1.165, 1.54) is 4.31 Å². The van der Waals surface area contributed by atoms with Crippen molar-refractivity contribution in [3.8, 4) is 0 Å². The molecule has 1 saturated heterocycles. The highest BCUT2D eigenvalue weighted by Crippen LogP contribution is 2.29. The lowest BCUT2D eigenvalue weighted by atomic mass is 9.97. The summed E-state index contributed by atoms with van der Waals surface area (Å²) in [5, 5.41) is 3.44. The lowest BCUT2D eigenvalue weighted by Crippen LogP contribution is -2.62. The summed E-state index contributed by atoms with van der Waals surface area (Å²) in [4.78, 5) is 0. The molecular weight excluding hydrogens is 274 g/mol. The van der Waals surface area contributed by atoms with Gasteiger partial charge in [0.2, 0.25) is 0 Å². The zero-order valence-electron chi connectivity index (χ0n) is 12.5. The minimum absolute atomic E-state index is 0.0268. The lowest BCUT2D eigenvalue weighted by Gasteiger charge is -2.45. The average Bonchev–Trinajstić information content (AvgIpc) is 2.39. The Morgan fingerprint density at radius 3 is 2.40 bits per heavy atom. The van der Waals surface area contributed by atoms with Crippen LogP contribution in [0.1, 0.15) is 25.5 Å². The summed E-state index contributed by atoms with van der Waals surface area (Å²) in [6, 6.07) is 9.99. The van der Waals surface area contributed by atoms with Crippen molar-refractivity contribution in [2.24, 2.45) is 0 Å². The molecule has 1 aromatic rings. The molecule has 20 heavy (non-hydrogen) atoms. The predicted octanol–water partition coefficient (Wildman–Crippen LogP) is 1.22. The van der Waals surface area contributed by atoms with Crippen LogP contribution in [0.3, 0.4) is 0 Å². The van der Waals surface area contributed by atoms with Crippen LogP contribution in [-0.4, -0.2) is 49.8 Å². The second-order valence-electron chi connectivity index (χ2n) is 5.98. The first-order valence-electron chi connectivity index (χ1n) is 6.74. The molecule has 1 unspecified atom stereocenters. The van der Waals surface area contributed by atoms with Gasteiger partial charge in [-0.2, -0.15) is 17.0 Å². The fourth-order valence-electron chi connectivity index (χ4n) is 2.45. The second-order valence-corrected chi connectivity index (χ2v) is 8.04. The van der Waals surface area contributed by atoms with Crippen molar-refractivity contribution in [1.82, 2.24) is 13.9 Å². The lowest BCUT2D eigenvalue weighted by molar-refractivity contribution is 0.146. The van der Waals surface area contributed by atoms with Crippen LogP contribution in [0, 0.1) is 0 Å². The molecule has 2 rings (SSSR count). The molecule has 0 amide bonds. The molecule has 1 aliphatic heterocycles.